The van der Waals surface area contributed by atoms with E-state index in [0.29, 0.717) is 0 Å². The number of hydrogen-bond donors (Lipinski definition) is 2. The second kappa shape index (κ2) is 11.3. The summed E-state index contributed by atoms with van der Waals surface area (Å²) in [5.74, 6) is -5.86. The van der Waals surface area contributed by atoms with Crippen LogP contribution in [-0.2, 0) is 19.2 Å². The summed E-state index contributed by atoms with van der Waals surface area (Å²) < 4.78 is 0. The Morgan fingerprint density at radius 2 is 1.04 bits per heavy atom. The van der Waals surface area contributed by atoms with Crippen LogP contribution >= 0.6 is 22.7 Å². The number of nitrogens with zero attached hydrogens (tertiary/aromatic N) is 2. The van der Waals surface area contributed by atoms with Gasteiger partial charge < -0.3 is 19.8 Å². The molecule has 0 aliphatic heterocycles. The average Bonchev–Trinajstić information content (AvgIpc) is 3.01. The molecule has 2 rings (SSSR count). The summed E-state index contributed by atoms with van der Waals surface area (Å²) in [7, 11) is 0. The third kappa shape index (κ3) is 8.30. The van der Waals surface area contributed by atoms with E-state index >= 15 is 0 Å². The van der Waals surface area contributed by atoms with Crippen molar-refractivity contribution in [2.45, 2.75) is 27.7 Å². The van der Waals surface area contributed by atoms with Gasteiger partial charge in [-0.3, -0.25) is 20.2 Å². The number of carboxylic acids is 2. The predicted octanol–water partition coefficient (Wildman–Crippen LogP) is -1.48. The Balaban J connectivity index is 0.000000483. The van der Waals surface area contributed by atoms with E-state index in [1.54, 1.807) is 13.8 Å². The molecule has 2 amide bonds. The van der Waals surface area contributed by atoms with E-state index in [2.05, 4.69) is 20.6 Å². The molecule has 2 N–H and O–H groups in total. The number of amides is 2. The first-order valence-electron chi connectivity index (χ1n) is 6.94. The molecule has 0 aliphatic rings. The van der Waals surface area contributed by atoms with Crippen LogP contribution in [0.1, 0.15) is 21.1 Å². The number of carbonyl (C=O) groups excluding carboxylic acids is 4. The van der Waals surface area contributed by atoms with Crippen molar-refractivity contribution in [3.05, 3.63) is 21.1 Å². The first-order valence-corrected chi connectivity index (χ1v) is 8.57. The van der Waals surface area contributed by atoms with E-state index in [0.717, 1.165) is 21.1 Å². The second-order valence-corrected chi connectivity index (χ2v) is 7.21. The molecule has 0 saturated carbocycles. The van der Waals surface area contributed by atoms with Crippen LogP contribution in [0.15, 0.2) is 0 Å². The number of thiazole rings is 2. The van der Waals surface area contributed by atoms with E-state index in [4.69, 9.17) is 0 Å². The van der Waals surface area contributed by atoms with Crippen molar-refractivity contribution in [1.82, 2.24) is 9.97 Å². The van der Waals surface area contributed by atoms with Crippen LogP contribution in [0, 0.1) is 27.7 Å². The van der Waals surface area contributed by atoms with Gasteiger partial charge in [0.1, 0.15) is 11.9 Å². The van der Waals surface area contributed by atoms with Gasteiger partial charge in [0.05, 0.1) is 11.4 Å². The van der Waals surface area contributed by atoms with Gasteiger partial charge in [0.15, 0.2) is 10.3 Å². The monoisotopic (exact) mass is 438 g/mol. The molecule has 2 aromatic rings. The Kier molecular flexibility index (Phi) is 10.6. The molecule has 10 nitrogen and oxygen atoms in total. The molecule has 0 aliphatic carbocycles. The Hall–Kier alpha value is -1.60. The molecule has 2 heterocycles. The van der Waals surface area contributed by atoms with E-state index in [9.17, 15) is 29.4 Å². The molecule has 0 spiro atoms. The zero-order valence-corrected chi connectivity index (χ0v) is 18.7. The normalized spacial score (nSPS) is 9.33. The minimum absolute atomic E-state index is 0. The zero-order valence-electron chi connectivity index (χ0n) is 14.9. The number of hydrogen-bond acceptors (Lipinski definition) is 10. The number of carboxylic acid groups (broad SMARTS) is 2. The molecule has 0 unspecified atom stereocenters. The molecule has 0 aromatic carbocycles. The summed E-state index contributed by atoms with van der Waals surface area (Å²) in [5.41, 5.74) is 1.55. The first-order chi connectivity index (χ1) is 12.0. The minimum atomic E-state index is -1.76. The van der Waals surface area contributed by atoms with Gasteiger partial charge in [-0.05, 0) is 27.7 Å². The van der Waals surface area contributed by atoms with E-state index in [1.165, 1.54) is 22.7 Å². The van der Waals surface area contributed by atoms with Crippen molar-refractivity contribution >= 4 is 94.4 Å². The third-order valence-corrected chi connectivity index (χ3v) is 4.85. The van der Waals surface area contributed by atoms with Gasteiger partial charge in [-0.25, -0.2) is 9.97 Å². The number of nitrogens with one attached hydrogen (secondary N) is 2. The van der Waals surface area contributed by atoms with Gasteiger partial charge >= 0.3 is 37.7 Å². The third-order valence-electron chi connectivity index (χ3n) is 2.87. The minimum Gasteiger partial charge on any atom is -0.540 e. The van der Waals surface area contributed by atoms with E-state index < -0.39 is 23.8 Å². The zero-order chi connectivity index (χ0) is 20.0. The number of aliphatic carboxylic acids is 2. The largest absolute Gasteiger partial charge is 2.00 e. The fourth-order valence-electron chi connectivity index (χ4n) is 1.35. The Morgan fingerprint density at radius 1 is 0.741 bits per heavy atom. The van der Waals surface area contributed by atoms with Gasteiger partial charge in [0.25, 0.3) is 11.8 Å². The van der Waals surface area contributed by atoms with Gasteiger partial charge in [-0.1, -0.05) is 0 Å². The van der Waals surface area contributed by atoms with Crippen LogP contribution in [0.2, 0.25) is 0 Å². The summed E-state index contributed by atoms with van der Waals surface area (Å²) in [4.78, 5) is 51.1. The summed E-state index contributed by atoms with van der Waals surface area (Å²) >= 11 is 2.45. The van der Waals surface area contributed by atoms with Crippen molar-refractivity contribution in [3.63, 3.8) is 0 Å². The summed E-state index contributed by atoms with van der Waals surface area (Å²) in [6, 6.07) is 0. The quantitative estimate of drug-likeness (QED) is 0.423. The molecular weight excluding hydrogens is 424 g/mol. The second-order valence-electron chi connectivity index (χ2n) is 4.80. The molecule has 0 radical (unpaired) electrons. The maximum absolute atomic E-state index is 10.6. The SMILES string of the molecule is Cc1nc(NC(=O)C(=O)[O-])sc1C.Cc1nc(NC(=O)C(=O)[O-])sc1C.[Ca+2]. The summed E-state index contributed by atoms with van der Waals surface area (Å²) in [6.45, 7) is 7.23. The van der Waals surface area contributed by atoms with Crippen molar-refractivity contribution in [2.24, 2.45) is 0 Å². The molecule has 0 saturated heterocycles. The van der Waals surface area contributed by atoms with Gasteiger partial charge in [0.2, 0.25) is 0 Å². The number of carbonyl (C=O) groups is 4. The molecule has 27 heavy (non-hydrogen) atoms. The number of rotatable bonds is 2. The maximum Gasteiger partial charge on any atom is 2.00 e. The fraction of sp³-hybridized carbons (Fsp3) is 0.286. The van der Waals surface area contributed by atoms with E-state index in [1.807, 2.05) is 13.8 Å². The van der Waals surface area contributed by atoms with Crippen molar-refractivity contribution in [1.29, 1.82) is 0 Å². The molecule has 2 aromatic heterocycles. The standard InChI is InChI=1S/2C7H8N2O3S.Ca/c2*1-3-4(2)13-7(8-3)9-5(10)6(11)12;/h2*1-2H3,(H,11,12)(H,8,9,10);/q;;+2/p-2. The van der Waals surface area contributed by atoms with Crippen LogP contribution in [0.3, 0.4) is 0 Å². The van der Waals surface area contributed by atoms with Gasteiger partial charge in [-0.15, -0.1) is 22.7 Å². The average molecular weight is 439 g/mol. The van der Waals surface area contributed by atoms with Crippen LogP contribution in [-0.4, -0.2) is 71.5 Å². The number of anilines is 2. The number of aromatic nitrogens is 2. The summed E-state index contributed by atoms with van der Waals surface area (Å²) in [6.07, 6.45) is 0. The molecule has 0 fully saturated rings. The molecule has 13 heteroatoms. The Bertz CT molecular complexity index is 755. The fourth-order valence-corrected chi connectivity index (χ4v) is 2.97. The molecular formula is C14H14CaN4O6S2. The van der Waals surface area contributed by atoms with Crippen LogP contribution in [0.25, 0.3) is 0 Å². The van der Waals surface area contributed by atoms with Crippen LogP contribution < -0.4 is 20.8 Å². The number of aryl methyl sites for hydroxylation is 4. The van der Waals surface area contributed by atoms with E-state index in [-0.39, 0.29) is 48.0 Å². The molecule has 140 valence electrons. The van der Waals surface area contributed by atoms with Gasteiger partial charge in [-0.2, -0.15) is 0 Å². The van der Waals surface area contributed by atoms with Gasteiger partial charge in [0, 0.05) is 9.75 Å². The smallest absolute Gasteiger partial charge is 0.540 e. The first kappa shape index (κ1) is 25.4. The molecule has 0 bridgehead atoms. The Morgan fingerprint density at radius 3 is 1.22 bits per heavy atom. The Labute approximate surface area is 192 Å². The topological polar surface area (TPSA) is 164 Å². The molecule has 0 atom stereocenters. The predicted molar refractivity (Wildman–Crippen MR) is 96.2 cm³/mol. The van der Waals surface area contributed by atoms with Crippen LogP contribution in [0.5, 0.6) is 0 Å². The maximum atomic E-state index is 10.6. The van der Waals surface area contributed by atoms with Crippen molar-refractivity contribution in [3.8, 4) is 0 Å². The summed E-state index contributed by atoms with van der Waals surface area (Å²) in [5, 5.41) is 24.9. The van der Waals surface area contributed by atoms with Crippen molar-refractivity contribution in [2.75, 3.05) is 10.6 Å². The van der Waals surface area contributed by atoms with Crippen LogP contribution in [0.4, 0.5) is 10.3 Å². The van der Waals surface area contributed by atoms with Crippen molar-refractivity contribution < 1.29 is 29.4 Å².